The van der Waals surface area contributed by atoms with E-state index in [0.29, 0.717) is 6.04 Å². The number of aromatic nitrogens is 4. The number of para-hydroxylation sites is 1. The molecule has 28 heavy (non-hydrogen) atoms. The summed E-state index contributed by atoms with van der Waals surface area (Å²) in [6.07, 6.45) is 7.60. The number of fused-ring (bicyclic) bond motifs is 3. The molecule has 0 radical (unpaired) electrons. The summed E-state index contributed by atoms with van der Waals surface area (Å²) >= 11 is 0. The fourth-order valence-electron chi connectivity index (χ4n) is 4.16. The maximum atomic E-state index is 4.90. The van der Waals surface area contributed by atoms with E-state index in [0.717, 1.165) is 33.9 Å². The predicted octanol–water partition coefficient (Wildman–Crippen LogP) is 5.39. The second-order valence-electron chi connectivity index (χ2n) is 7.83. The zero-order chi connectivity index (χ0) is 18.9. The van der Waals surface area contributed by atoms with E-state index >= 15 is 0 Å². The van der Waals surface area contributed by atoms with Gasteiger partial charge in [-0.2, -0.15) is 4.52 Å². The van der Waals surface area contributed by atoms with Crippen molar-refractivity contribution in [2.75, 3.05) is 5.32 Å². The van der Waals surface area contributed by atoms with E-state index < -0.39 is 0 Å². The zero-order valence-electron chi connectivity index (χ0n) is 16.2. The molecule has 5 rings (SSSR count). The molecular formula is C23H25N5. The summed E-state index contributed by atoms with van der Waals surface area (Å²) in [5, 5.41) is 9.55. The summed E-state index contributed by atoms with van der Waals surface area (Å²) in [5.74, 6) is 1.54. The number of hydrogen-bond acceptors (Lipinski definition) is 4. The lowest BCUT2D eigenvalue weighted by Gasteiger charge is -2.17. The van der Waals surface area contributed by atoms with Gasteiger partial charge in [0.05, 0.1) is 5.52 Å². The van der Waals surface area contributed by atoms with Gasteiger partial charge in [0.15, 0.2) is 11.5 Å². The third-order valence-electron chi connectivity index (χ3n) is 5.64. The molecule has 2 aromatic heterocycles. The number of rotatable bonds is 3. The van der Waals surface area contributed by atoms with Crippen molar-refractivity contribution in [3.05, 3.63) is 54.1 Å². The average Bonchev–Trinajstić information content (AvgIpc) is 3.01. The lowest BCUT2D eigenvalue weighted by molar-refractivity contribution is 0.612. The highest BCUT2D eigenvalue weighted by Crippen LogP contribution is 2.26. The Kier molecular flexibility index (Phi) is 4.43. The van der Waals surface area contributed by atoms with Gasteiger partial charge in [0.25, 0.3) is 0 Å². The first-order valence-electron chi connectivity index (χ1n) is 10.3. The molecule has 0 amide bonds. The molecule has 5 nitrogen and oxygen atoms in total. The molecular weight excluding hydrogens is 346 g/mol. The van der Waals surface area contributed by atoms with Gasteiger partial charge in [0.1, 0.15) is 0 Å². The van der Waals surface area contributed by atoms with Crippen LogP contribution < -0.4 is 5.32 Å². The Hall–Kier alpha value is -2.95. The van der Waals surface area contributed by atoms with E-state index in [1.54, 1.807) is 0 Å². The maximum absolute atomic E-state index is 4.90. The highest BCUT2D eigenvalue weighted by Gasteiger charge is 2.18. The van der Waals surface area contributed by atoms with Crippen molar-refractivity contribution in [3.63, 3.8) is 0 Å². The quantitative estimate of drug-likeness (QED) is 0.491. The van der Waals surface area contributed by atoms with Gasteiger partial charge in [0, 0.05) is 17.0 Å². The lowest BCUT2D eigenvalue weighted by atomic mass is 10.1. The molecule has 1 N–H and O–H groups in total. The van der Waals surface area contributed by atoms with E-state index in [1.807, 2.05) is 16.6 Å². The second-order valence-corrected chi connectivity index (χ2v) is 7.83. The number of nitrogens with zero attached hydrogens (tertiary/aromatic N) is 4. The average molecular weight is 371 g/mol. The Morgan fingerprint density at radius 3 is 2.57 bits per heavy atom. The third-order valence-corrected chi connectivity index (χ3v) is 5.64. The van der Waals surface area contributed by atoms with Gasteiger partial charge in [-0.25, -0.2) is 9.97 Å². The smallest absolute Gasteiger partial charge is 0.226 e. The fraction of sp³-hybridized carbons (Fsp3) is 0.348. The van der Waals surface area contributed by atoms with Gasteiger partial charge in [-0.3, -0.25) is 0 Å². The summed E-state index contributed by atoms with van der Waals surface area (Å²) in [6.45, 7) is 2.09. The molecule has 0 bridgehead atoms. The molecule has 0 unspecified atom stereocenters. The van der Waals surface area contributed by atoms with E-state index in [-0.39, 0.29) is 0 Å². The van der Waals surface area contributed by atoms with Crippen LogP contribution >= 0.6 is 0 Å². The van der Waals surface area contributed by atoms with Crippen molar-refractivity contribution in [2.24, 2.45) is 0 Å². The van der Waals surface area contributed by atoms with Crippen LogP contribution in [0.2, 0.25) is 0 Å². The number of benzene rings is 2. The van der Waals surface area contributed by atoms with Gasteiger partial charge in [-0.15, -0.1) is 5.10 Å². The highest BCUT2D eigenvalue weighted by atomic mass is 15.4. The molecule has 1 fully saturated rings. The minimum atomic E-state index is 0.450. The second kappa shape index (κ2) is 7.23. The monoisotopic (exact) mass is 371 g/mol. The summed E-state index contributed by atoms with van der Waals surface area (Å²) in [6, 6.07) is 17.0. The van der Waals surface area contributed by atoms with Crippen LogP contribution in [0.25, 0.3) is 27.9 Å². The molecule has 2 aromatic carbocycles. The number of nitrogens with one attached hydrogen (secondary N) is 1. The standard InChI is InChI=1S/C23H25N5/c1-16-9-8-10-17(15-16)21-26-22-19-13-6-7-14-20(19)25-23(28(22)27-21)24-18-11-4-2-3-5-12-18/h6-10,13-15,18H,2-5,11-12H2,1H3,(H,24,25). The maximum Gasteiger partial charge on any atom is 0.226 e. The molecule has 1 aliphatic rings. The Balaban J connectivity index is 1.65. The summed E-state index contributed by atoms with van der Waals surface area (Å²) in [7, 11) is 0. The Labute approximate surface area is 164 Å². The summed E-state index contributed by atoms with van der Waals surface area (Å²) in [5.41, 5.74) is 4.05. The zero-order valence-corrected chi connectivity index (χ0v) is 16.2. The molecule has 1 aliphatic carbocycles. The topological polar surface area (TPSA) is 55.1 Å². The van der Waals surface area contributed by atoms with Gasteiger partial charge in [0.2, 0.25) is 5.95 Å². The van der Waals surface area contributed by atoms with Gasteiger partial charge < -0.3 is 5.32 Å². The SMILES string of the molecule is Cc1cccc(-c2nc3c4ccccc4nc(NC4CCCCCC4)n3n2)c1. The highest BCUT2D eigenvalue weighted by molar-refractivity contribution is 5.92. The van der Waals surface area contributed by atoms with Crippen LogP contribution in [0.4, 0.5) is 5.95 Å². The molecule has 2 heterocycles. The number of anilines is 1. The largest absolute Gasteiger partial charge is 0.351 e. The van der Waals surface area contributed by atoms with Gasteiger partial charge >= 0.3 is 0 Å². The first-order chi connectivity index (χ1) is 13.8. The van der Waals surface area contributed by atoms with Crippen molar-refractivity contribution in [2.45, 2.75) is 51.5 Å². The molecule has 5 heteroatoms. The van der Waals surface area contributed by atoms with Crippen LogP contribution in [0.3, 0.4) is 0 Å². The molecule has 0 atom stereocenters. The molecule has 142 valence electrons. The molecule has 0 spiro atoms. The summed E-state index contributed by atoms with van der Waals surface area (Å²) in [4.78, 5) is 9.80. The predicted molar refractivity (Wildman–Crippen MR) is 114 cm³/mol. The van der Waals surface area contributed by atoms with E-state index in [9.17, 15) is 0 Å². The third kappa shape index (κ3) is 3.21. The lowest BCUT2D eigenvalue weighted by Crippen LogP contribution is -2.21. The number of hydrogen-bond donors (Lipinski definition) is 1. The summed E-state index contributed by atoms with van der Waals surface area (Å²) < 4.78 is 1.89. The molecule has 0 saturated heterocycles. The molecule has 4 aromatic rings. The van der Waals surface area contributed by atoms with Crippen molar-refractivity contribution in [1.82, 2.24) is 19.6 Å². The Morgan fingerprint density at radius 2 is 1.75 bits per heavy atom. The molecule has 1 saturated carbocycles. The van der Waals surface area contributed by atoms with E-state index in [4.69, 9.17) is 15.1 Å². The fourth-order valence-corrected chi connectivity index (χ4v) is 4.16. The Morgan fingerprint density at radius 1 is 0.929 bits per heavy atom. The first kappa shape index (κ1) is 17.2. The van der Waals surface area contributed by atoms with Crippen molar-refractivity contribution < 1.29 is 0 Å². The molecule has 0 aliphatic heterocycles. The van der Waals surface area contributed by atoms with Crippen molar-refractivity contribution in [1.29, 1.82) is 0 Å². The van der Waals surface area contributed by atoms with Crippen LogP contribution in [0.1, 0.15) is 44.1 Å². The normalized spacial score (nSPS) is 15.8. The first-order valence-corrected chi connectivity index (χ1v) is 10.3. The minimum absolute atomic E-state index is 0.450. The van der Waals surface area contributed by atoms with Gasteiger partial charge in [-0.05, 0) is 38.0 Å². The van der Waals surface area contributed by atoms with Crippen LogP contribution in [0.5, 0.6) is 0 Å². The van der Waals surface area contributed by atoms with Crippen LogP contribution in [-0.4, -0.2) is 25.6 Å². The van der Waals surface area contributed by atoms with Crippen LogP contribution in [0, 0.1) is 6.92 Å². The van der Waals surface area contributed by atoms with E-state index in [2.05, 4.69) is 48.6 Å². The van der Waals surface area contributed by atoms with Crippen molar-refractivity contribution in [3.8, 4) is 11.4 Å². The van der Waals surface area contributed by atoms with Gasteiger partial charge in [-0.1, -0.05) is 61.6 Å². The van der Waals surface area contributed by atoms with Crippen molar-refractivity contribution >= 4 is 22.5 Å². The number of aryl methyl sites for hydroxylation is 1. The van der Waals surface area contributed by atoms with E-state index in [1.165, 1.54) is 44.1 Å². The van der Waals surface area contributed by atoms with Crippen LogP contribution in [0.15, 0.2) is 48.5 Å². The van der Waals surface area contributed by atoms with Crippen LogP contribution in [-0.2, 0) is 0 Å². The minimum Gasteiger partial charge on any atom is -0.351 e. The Bertz CT molecular complexity index is 1120.